The molecule has 1 N–H and O–H groups in total. The van der Waals surface area contributed by atoms with Crippen LogP contribution in [0, 0.1) is 0 Å². The molecule has 0 radical (unpaired) electrons. The average Bonchev–Trinajstić information content (AvgIpc) is 2.43. The van der Waals surface area contributed by atoms with Crippen LogP contribution in [0.3, 0.4) is 0 Å². The summed E-state index contributed by atoms with van der Waals surface area (Å²) in [5.74, 6) is 0.820. The van der Waals surface area contributed by atoms with Gasteiger partial charge in [0.1, 0.15) is 12.1 Å². The Kier molecular flexibility index (Phi) is 3.15. The van der Waals surface area contributed by atoms with Crippen molar-refractivity contribution in [2.45, 2.75) is 6.42 Å². The Labute approximate surface area is 96.0 Å². The number of amides is 1. The zero-order valence-corrected chi connectivity index (χ0v) is 9.70. The molecule has 0 bridgehead atoms. The predicted octanol–water partition coefficient (Wildman–Crippen LogP) is 0.565. The lowest BCUT2D eigenvalue weighted by Crippen LogP contribution is -2.33. The molecule has 0 saturated carbocycles. The molecule has 80 valence electrons. The summed E-state index contributed by atoms with van der Waals surface area (Å²) in [6.07, 6.45) is 4.11. The van der Waals surface area contributed by atoms with E-state index in [0.29, 0.717) is 6.54 Å². The van der Waals surface area contributed by atoms with E-state index in [0.717, 1.165) is 29.8 Å². The number of carbonyl (C=O) groups excluding carboxylic acids is 1. The van der Waals surface area contributed by atoms with Crippen molar-refractivity contribution in [1.29, 1.82) is 0 Å². The van der Waals surface area contributed by atoms with Crippen LogP contribution in [-0.2, 0) is 4.79 Å². The third kappa shape index (κ3) is 2.44. The van der Waals surface area contributed by atoms with Crippen molar-refractivity contribution < 1.29 is 4.79 Å². The number of aromatic nitrogens is 2. The minimum absolute atomic E-state index is 0.0398. The summed E-state index contributed by atoms with van der Waals surface area (Å²) in [7, 11) is 0. The fraction of sp³-hybridized carbons (Fsp3) is 0.444. The Balaban J connectivity index is 2.22. The molecule has 1 aliphatic rings. The Hall–Kier alpha value is -1.17. The van der Waals surface area contributed by atoms with Gasteiger partial charge in [-0.3, -0.25) is 4.79 Å². The van der Waals surface area contributed by atoms with Gasteiger partial charge in [0.15, 0.2) is 0 Å². The number of hydrogen-bond acceptors (Lipinski definition) is 4. The second-order valence-corrected chi connectivity index (χ2v) is 4.17. The fourth-order valence-corrected chi connectivity index (χ4v) is 2.00. The molecule has 0 atom stereocenters. The smallest absolute Gasteiger partial charge is 0.239 e. The summed E-state index contributed by atoms with van der Waals surface area (Å²) >= 11 is 3.38. The van der Waals surface area contributed by atoms with Crippen LogP contribution < -0.4 is 10.2 Å². The molecule has 2 heterocycles. The molecule has 0 aliphatic carbocycles. The van der Waals surface area contributed by atoms with E-state index < -0.39 is 0 Å². The standard InChI is InChI=1S/C9H11BrN4O/c10-7-4-11-6-13-9(7)14-3-1-2-12-8(15)5-14/h4,6H,1-3,5H2,(H,12,15). The van der Waals surface area contributed by atoms with Crippen molar-refractivity contribution >= 4 is 27.7 Å². The van der Waals surface area contributed by atoms with Crippen LogP contribution in [0.2, 0.25) is 0 Å². The normalized spacial score (nSPS) is 17.1. The van der Waals surface area contributed by atoms with Crippen molar-refractivity contribution in [1.82, 2.24) is 15.3 Å². The van der Waals surface area contributed by atoms with E-state index in [1.165, 1.54) is 6.33 Å². The van der Waals surface area contributed by atoms with Gasteiger partial charge in [-0.05, 0) is 22.4 Å². The largest absolute Gasteiger partial charge is 0.354 e. The van der Waals surface area contributed by atoms with Crippen molar-refractivity contribution in [3.8, 4) is 0 Å². The Bertz CT molecular complexity index is 371. The van der Waals surface area contributed by atoms with Crippen LogP contribution in [0.4, 0.5) is 5.82 Å². The van der Waals surface area contributed by atoms with Crippen LogP contribution in [0.5, 0.6) is 0 Å². The molecule has 2 rings (SSSR count). The number of nitrogens with zero attached hydrogens (tertiary/aromatic N) is 3. The summed E-state index contributed by atoms with van der Waals surface area (Å²) in [6.45, 7) is 1.92. The summed E-state index contributed by atoms with van der Waals surface area (Å²) in [5, 5.41) is 2.82. The number of rotatable bonds is 1. The van der Waals surface area contributed by atoms with E-state index in [1.54, 1.807) is 6.20 Å². The highest BCUT2D eigenvalue weighted by molar-refractivity contribution is 9.10. The van der Waals surface area contributed by atoms with Gasteiger partial charge in [0.2, 0.25) is 5.91 Å². The minimum atomic E-state index is 0.0398. The second-order valence-electron chi connectivity index (χ2n) is 3.32. The molecule has 0 spiro atoms. The van der Waals surface area contributed by atoms with E-state index in [2.05, 4.69) is 31.2 Å². The van der Waals surface area contributed by atoms with Gasteiger partial charge in [0, 0.05) is 19.3 Å². The van der Waals surface area contributed by atoms with E-state index in [-0.39, 0.29) is 5.91 Å². The molecule has 0 aromatic carbocycles. The maximum Gasteiger partial charge on any atom is 0.239 e. The first-order chi connectivity index (χ1) is 7.27. The minimum Gasteiger partial charge on any atom is -0.354 e. The third-order valence-corrected chi connectivity index (χ3v) is 2.77. The molecule has 1 fully saturated rings. The van der Waals surface area contributed by atoms with Crippen LogP contribution in [0.15, 0.2) is 17.0 Å². The molecule has 15 heavy (non-hydrogen) atoms. The lowest BCUT2D eigenvalue weighted by atomic mass is 10.4. The van der Waals surface area contributed by atoms with E-state index in [4.69, 9.17) is 0 Å². The number of anilines is 1. The molecule has 1 aliphatic heterocycles. The number of carbonyl (C=O) groups is 1. The average molecular weight is 271 g/mol. The first-order valence-electron chi connectivity index (χ1n) is 4.74. The summed E-state index contributed by atoms with van der Waals surface area (Å²) < 4.78 is 0.819. The molecular formula is C9H11BrN4O. The quantitative estimate of drug-likeness (QED) is 0.811. The SMILES string of the molecule is O=C1CN(c2ncncc2Br)CCCN1. The molecule has 0 unspecified atom stereocenters. The predicted molar refractivity (Wildman–Crippen MR) is 59.6 cm³/mol. The Morgan fingerprint density at radius 1 is 1.53 bits per heavy atom. The monoisotopic (exact) mass is 270 g/mol. The second kappa shape index (κ2) is 4.57. The maximum atomic E-state index is 11.4. The van der Waals surface area contributed by atoms with Gasteiger partial charge in [0.05, 0.1) is 11.0 Å². The Morgan fingerprint density at radius 3 is 3.20 bits per heavy atom. The zero-order valence-electron chi connectivity index (χ0n) is 8.11. The van der Waals surface area contributed by atoms with Crippen LogP contribution in [0.25, 0.3) is 0 Å². The Morgan fingerprint density at radius 2 is 2.40 bits per heavy atom. The highest BCUT2D eigenvalue weighted by Gasteiger charge is 2.17. The lowest BCUT2D eigenvalue weighted by molar-refractivity contribution is -0.119. The van der Waals surface area contributed by atoms with Crippen molar-refractivity contribution in [2.75, 3.05) is 24.5 Å². The fourth-order valence-electron chi connectivity index (χ4n) is 1.53. The lowest BCUT2D eigenvalue weighted by Gasteiger charge is -2.20. The van der Waals surface area contributed by atoms with Gasteiger partial charge in [-0.1, -0.05) is 0 Å². The van der Waals surface area contributed by atoms with Gasteiger partial charge in [-0.15, -0.1) is 0 Å². The highest BCUT2D eigenvalue weighted by atomic mass is 79.9. The van der Waals surface area contributed by atoms with Crippen molar-refractivity contribution in [3.63, 3.8) is 0 Å². The molecule has 1 aromatic rings. The summed E-state index contributed by atoms with van der Waals surface area (Å²) in [4.78, 5) is 21.4. The maximum absolute atomic E-state index is 11.4. The highest BCUT2D eigenvalue weighted by Crippen LogP contribution is 2.22. The number of nitrogens with one attached hydrogen (secondary N) is 1. The van der Waals surface area contributed by atoms with Crippen molar-refractivity contribution in [3.05, 3.63) is 17.0 Å². The molecule has 1 saturated heterocycles. The summed E-state index contributed by atoms with van der Waals surface area (Å²) in [6, 6.07) is 0. The topological polar surface area (TPSA) is 58.1 Å². The van der Waals surface area contributed by atoms with Crippen LogP contribution in [0.1, 0.15) is 6.42 Å². The molecule has 1 amide bonds. The van der Waals surface area contributed by atoms with Gasteiger partial charge >= 0.3 is 0 Å². The van der Waals surface area contributed by atoms with Gasteiger partial charge < -0.3 is 10.2 Å². The number of halogens is 1. The third-order valence-electron chi connectivity index (χ3n) is 2.21. The first-order valence-corrected chi connectivity index (χ1v) is 5.54. The van der Waals surface area contributed by atoms with E-state index >= 15 is 0 Å². The van der Waals surface area contributed by atoms with Gasteiger partial charge in [0.25, 0.3) is 0 Å². The van der Waals surface area contributed by atoms with E-state index in [9.17, 15) is 4.79 Å². The first kappa shape index (κ1) is 10.4. The molecule has 6 heteroatoms. The molecule has 5 nitrogen and oxygen atoms in total. The van der Waals surface area contributed by atoms with Crippen LogP contribution in [-0.4, -0.2) is 35.5 Å². The van der Waals surface area contributed by atoms with Crippen molar-refractivity contribution in [2.24, 2.45) is 0 Å². The zero-order chi connectivity index (χ0) is 10.7. The van der Waals surface area contributed by atoms with Crippen LogP contribution >= 0.6 is 15.9 Å². The molecular weight excluding hydrogens is 260 g/mol. The van der Waals surface area contributed by atoms with Gasteiger partial charge in [-0.2, -0.15) is 0 Å². The summed E-state index contributed by atoms with van der Waals surface area (Å²) in [5.41, 5.74) is 0. The van der Waals surface area contributed by atoms with E-state index in [1.807, 2.05) is 4.90 Å². The number of hydrogen-bond donors (Lipinski definition) is 1. The molecule has 1 aromatic heterocycles. The van der Waals surface area contributed by atoms with Gasteiger partial charge in [-0.25, -0.2) is 9.97 Å².